The second-order valence-electron chi connectivity index (χ2n) is 15.7. The molecule has 0 aliphatic heterocycles. The number of halogens is 2. The Morgan fingerprint density at radius 1 is 0.538 bits per heavy atom. The number of rotatable bonds is 8. The van der Waals surface area contributed by atoms with Gasteiger partial charge in [-0.1, -0.05) is 166 Å². The van der Waals surface area contributed by atoms with Crippen LogP contribution in [0.2, 0.25) is 13.1 Å². The second kappa shape index (κ2) is 21.6. The van der Waals surface area contributed by atoms with Gasteiger partial charge in [-0.25, -0.2) is 0 Å². The summed E-state index contributed by atoms with van der Waals surface area (Å²) >= 11 is -0.826. The molecule has 4 heteroatoms. The summed E-state index contributed by atoms with van der Waals surface area (Å²) in [5.74, 6) is 0. The van der Waals surface area contributed by atoms with Crippen LogP contribution in [0.25, 0.3) is 43.8 Å². The predicted octanol–water partition coefficient (Wildman–Crippen LogP) is 15.9. The van der Waals surface area contributed by atoms with Crippen molar-refractivity contribution in [2.75, 3.05) is 0 Å². The van der Waals surface area contributed by atoms with Crippen LogP contribution < -0.4 is 0 Å². The molecule has 2 radical (unpaired) electrons. The van der Waals surface area contributed by atoms with Crippen molar-refractivity contribution in [3.05, 3.63) is 131 Å². The molecule has 0 aromatic heterocycles. The second-order valence-corrected chi connectivity index (χ2v) is 20.4. The molecule has 0 saturated carbocycles. The van der Waals surface area contributed by atoms with Gasteiger partial charge in [0.2, 0.25) is 0 Å². The number of hydrogen-bond donors (Lipinski definition) is 0. The van der Waals surface area contributed by atoms with Gasteiger partial charge in [0.15, 0.2) is 0 Å². The maximum atomic E-state index is 4.93. The summed E-state index contributed by atoms with van der Waals surface area (Å²) in [6.45, 7) is 22.6. The zero-order valence-electron chi connectivity index (χ0n) is 33.4. The molecule has 0 atom stereocenters. The standard InChI is InChI=1S/2C23H27.C2H6Si.2ClH.Zr/c2*1-5-6-10-17-15-18-11-9-13-19(21(18)16-17)20-12-7-8-14-22(20)23(2,3)4;1-3-2;;;/h2*7-9,11-16H,5-6,10H2,1-4H3;1-2H3;2*1H;/q2*-1;;;;+4/p-2. The quantitative estimate of drug-likeness (QED) is 0.106. The van der Waals surface area contributed by atoms with Gasteiger partial charge in [-0.15, -0.1) is 69.1 Å². The normalized spacial score (nSPS) is 11.2. The Kier molecular flexibility index (Phi) is 18.4. The topological polar surface area (TPSA) is 0 Å². The summed E-state index contributed by atoms with van der Waals surface area (Å²) < 4.78 is 0. The van der Waals surface area contributed by atoms with E-state index in [-0.39, 0.29) is 10.8 Å². The molecule has 6 aromatic rings. The van der Waals surface area contributed by atoms with Crippen LogP contribution in [0.5, 0.6) is 0 Å². The molecule has 0 saturated heterocycles. The molecule has 0 unspecified atom stereocenters. The average Bonchev–Trinajstić information content (AvgIpc) is 3.74. The first kappa shape index (κ1) is 44.2. The van der Waals surface area contributed by atoms with E-state index in [9.17, 15) is 0 Å². The molecule has 0 aliphatic carbocycles. The zero-order chi connectivity index (χ0) is 38.3. The van der Waals surface area contributed by atoms with Gasteiger partial charge in [0.1, 0.15) is 0 Å². The fraction of sp³-hybridized carbons (Fsp3) is 0.375. The van der Waals surface area contributed by atoms with Crippen LogP contribution in [0.3, 0.4) is 0 Å². The maximum absolute atomic E-state index is 4.93. The molecule has 0 nitrogen and oxygen atoms in total. The van der Waals surface area contributed by atoms with Crippen molar-refractivity contribution in [1.82, 2.24) is 0 Å². The Labute approximate surface area is 338 Å². The van der Waals surface area contributed by atoms with Gasteiger partial charge in [-0.2, -0.15) is 12.1 Å². The Bertz CT molecular complexity index is 1790. The Hall–Kier alpha value is -2.22. The van der Waals surface area contributed by atoms with E-state index in [1.165, 1.54) is 105 Å². The van der Waals surface area contributed by atoms with E-state index < -0.39 is 20.8 Å². The van der Waals surface area contributed by atoms with Crippen LogP contribution in [0, 0.1) is 0 Å². The fourth-order valence-electron chi connectivity index (χ4n) is 6.86. The molecule has 0 amide bonds. The van der Waals surface area contributed by atoms with Crippen molar-refractivity contribution in [3.8, 4) is 22.3 Å². The van der Waals surface area contributed by atoms with Gasteiger partial charge < -0.3 is 0 Å². The van der Waals surface area contributed by atoms with Crippen LogP contribution >= 0.6 is 17.0 Å². The summed E-state index contributed by atoms with van der Waals surface area (Å²) in [4.78, 5) is 0. The number of fused-ring (bicyclic) bond motifs is 2. The number of unbranched alkanes of at least 4 members (excludes halogenated alkanes) is 2. The van der Waals surface area contributed by atoms with Crippen LogP contribution in [-0.4, -0.2) is 9.52 Å². The molecule has 0 spiro atoms. The summed E-state index contributed by atoms with van der Waals surface area (Å²) in [7, 11) is 11.0. The minimum atomic E-state index is -0.826. The number of aryl methyl sites for hydroxylation is 2. The van der Waals surface area contributed by atoms with Gasteiger partial charge in [-0.05, 0) is 45.9 Å². The third-order valence-corrected chi connectivity index (χ3v) is 9.31. The molecule has 0 bridgehead atoms. The molecule has 6 rings (SSSR count). The minimum absolute atomic E-state index is 0.149. The van der Waals surface area contributed by atoms with Crippen molar-refractivity contribution in [1.29, 1.82) is 0 Å². The van der Waals surface area contributed by atoms with E-state index in [4.69, 9.17) is 17.0 Å². The Morgan fingerprint density at radius 2 is 0.865 bits per heavy atom. The van der Waals surface area contributed by atoms with Crippen LogP contribution in [0.15, 0.2) is 109 Å². The average molecular weight is 827 g/mol. The molecular weight excluding hydrogens is 767 g/mol. The van der Waals surface area contributed by atoms with Gasteiger partial charge in [-0.3, -0.25) is 0 Å². The fourth-order valence-corrected chi connectivity index (χ4v) is 6.86. The van der Waals surface area contributed by atoms with Crippen molar-refractivity contribution < 1.29 is 20.8 Å². The van der Waals surface area contributed by atoms with Gasteiger partial charge in [0.05, 0.1) is 0 Å². The van der Waals surface area contributed by atoms with Crippen molar-refractivity contribution >= 4 is 48.1 Å². The van der Waals surface area contributed by atoms with Crippen LogP contribution in [0.1, 0.15) is 103 Å². The van der Waals surface area contributed by atoms with Gasteiger partial charge in [0, 0.05) is 9.52 Å². The molecule has 6 aromatic carbocycles. The van der Waals surface area contributed by atoms with Gasteiger partial charge in [0.25, 0.3) is 0 Å². The van der Waals surface area contributed by atoms with Crippen LogP contribution in [0.4, 0.5) is 0 Å². The first-order chi connectivity index (χ1) is 24.8. The third kappa shape index (κ3) is 12.4. The number of benzene rings is 4. The molecule has 52 heavy (non-hydrogen) atoms. The predicted molar refractivity (Wildman–Crippen MR) is 234 cm³/mol. The van der Waals surface area contributed by atoms with Crippen molar-refractivity contribution in [2.45, 2.75) is 118 Å². The molecule has 0 aliphatic rings. The third-order valence-electron chi connectivity index (χ3n) is 9.31. The van der Waals surface area contributed by atoms with E-state index in [2.05, 4.69) is 178 Å². The molecule has 274 valence electrons. The molecule has 0 N–H and O–H groups in total. The number of hydrogen-bond acceptors (Lipinski definition) is 0. The summed E-state index contributed by atoms with van der Waals surface area (Å²) in [5.41, 5.74) is 11.6. The Morgan fingerprint density at radius 3 is 1.19 bits per heavy atom. The molecule has 0 heterocycles. The van der Waals surface area contributed by atoms with Crippen molar-refractivity contribution in [2.24, 2.45) is 0 Å². The summed E-state index contributed by atoms with van der Waals surface area (Å²) in [6, 6.07) is 40.7. The first-order valence-electron chi connectivity index (χ1n) is 19.0. The van der Waals surface area contributed by atoms with E-state index in [0.717, 1.165) is 9.52 Å². The van der Waals surface area contributed by atoms with Gasteiger partial charge >= 0.3 is 37.9 Å². The Balaban J connectivity index is 0.000000244. The molecule has 0 fully saturated rings. The monoisotopic (exact) mass is 824 g/mol. The van der Waals surface area contributed by atoms with Crippen molar-refractivity contribution in [3.63, 3.8) is 0 Å². The SMILES string of the molecule is CCCCc1cc2c(-c3ccccc3C(C)(C)C)cccc2[cH-]1.CCCCc1cc2c(-c3ccccc3C(C)(C)C)cccc2[cH-]1.C[Si]C.[Cl][Zr+2][Cl]. The van der Waals surface area contributed by atoms with Crippen LogP contribution in [-0.2, 0) is 44.5 Å². The van der Waals surface area contributed by atoms with E-state index in [1.807, 2.05) is 0 Å². The van der Waals surface area contributed by atoms with E-state index >= 15 is 0 Å². The summed E-state index contributed by atoms with van der Waals surface area (Å²) in [5, 5.41) is 5.54. The summed E-state index contributed by atoms with van der Waals surface area (Å²) in [6.07, 6.45) is 7.41. The van der Waals surface area contributed by atoms with E-state index in [0.29, 0.717) is 0 Å². The van der Waals surface area contributed by atoms with E-state index in [1.54, 1.807) is 0 Å². The zero-order valence-corrected chi connectivity index (χ0v) is 38.4. The first-order valence-corrected chi connectivity index (χ1v) is 27.3. The molecular formula is C48H60Cl2SiZr.